The Hall–Kier alpha value is -1.54. The van der Waals surface area contributed by atoms with Crippen LogP contribution in [0.4, 0.5) is 0 Å². The van der Waals surface area contributed by atoms with E-state index in [-0.39, 0.29) is 0 Å². The van der Waals surface area contributed by atoms with E-state index in [1.165, 1.54) is 0 Å². The topological polar surface area (TPSA) is 9.23 Å². The molecule has 2 aromatic carbocycles. The van der Waals surface area contributed by atoms with Crippen LogP contribution in [-0.4, -0.2) is 6.61 Å². The monoisotopic (exact) mass is 302 g/mol. The maximum absolute atomic E-state index is 5.71. The zero-order valence-corrected chi connectivity index (χ0v) is 11.9. The zero-order valence-electron chi connectivity index (χ0n) is 10.3. The van der Waals surface area contributed by atoms with E-state index in [9.17, 15) is 0 Å². The lowest BCUT2D eigenvalue weighted by Gasteiger charge is -2.09. The Morgan fingerprint density at radius 2 is 1.72 bits per heavy atom. The lowest BCUT2D eigenvalue weighted by atomic mass is 10.1. The molecule has 2 rings (SSSR count). The van der Waals surface area contributed by atoms with Crippen LogP contribution in [0.15, 0.2) is 59.1 Å². The van der Waals surface area contributed by atoms with Gasteiger partial charge in [-0.25, -0.2) is 0 Å². The van der Waals surface area contributed by atoms with Gasteiger partial charge in [-0.2, -0.15) is 0 Å². The van der Waals surface area contributed by atoms with Crippen molar-refractivity contribution in [3.63, 3.8) is 0 Å². The van der Waals surface area contributed by atoms with Gasteiger partial charge >= 0.3 is 0 Å². The largest absolute Gasteiger partial charge is 0.493 e. The van der Waals surface area contributed by atoms with Crippen LogP contribution >= 0.6 is 15.9 Å². The highest BCUT2D eigenvalue weighted by Gasteiger charge is 2.01. The van der Waals surface area contributed by atoms with Crippen LogP contribution in [0.3, 0.4) is 0 Å². The van der Waals surface area contributed by atoms with Crippen molar-refractivity contribution < 1.29 is 4.74 Å². The number of ether oxygens (including phenoxy) is 1. The van der Waals surface area contributed by atoms with Gasteiger partial charge in [0.1, 0.15) is 5.76 Å². The summed E-state index contributed by atoms with van der Waals surface area (Å²) in [4.78, 5) is 0. The molecule has 92 valence electrons. The summed E-state index contributed by atoms with van der Waals surface area (Å²) in [5.74, 6) is 0.903. The third-order valence-electron chi connectivity index (χ3n) is 2.53. The van der Waals surface area contributed by atoms with E-state index in [4.69, 9.17) is 4.74 Å². The summed E-state index contributed by atoms with van der Waals surface area (Å²) in [6.07, 6.45) is 2.06. The molecule has 0 amide bonds. The molecule has 0 spiro atoms. The average molecular weight is 303 g/mol. The number of rotatable bonds is 4. The normalized spacial score (nSPS) is 11.3. The van der Waals surface area contributed by atoms with Crippen molar-refractivity contribution >= 4 is 27.8 Å². The van der Waals surface area contributed by atoms with Gasteiger partial charge in [0.15, 0.2) is 0 Å². The molecule has 0 aromatic heterocycles. The summed E-state index contributed by atoms with van der Waals surface area (Å²) in [6, 6.07) is 18.3. The molecule has 2 aromatic rings. The molecule has 0 aliphatic heterocycles. The first-order valence-corrected chi connectivity index (χ1v) is 6.74. The van der Waals surface area contributed by atoms with Gasteiger partial charge in [-0.1, -0.05) is 58.4 Å². The molecule has 0 saturated heterocycles. The highest BCUT2D eigenvalue weighted by molar-refractivity contribution is 9.10. The van der Waals surface area contributed by atoms with Gasteiger partial charge in [0, 0.05) is 10.0 Å². The van der Waals surface area contributed by atoms with E-state index in [0.717, 1.165) is 21.4 Å². The van der Waals surface area contributed by atoms with Gasteiger partial charge in [-0.3, -0.25) is 0 Å². The molecule has 0 atom stereocenters. The summed E-state index contributed by atoms with van der Waals surface area (Å²) in [5, 5.41) is 0. The zero-order chi connectivity index (χ0) is 12.8. The first kappa shape index (κ1) is 12.9. The Morgan fingerprint density at radius 1 is 1.06 bits per heavy atom. The van der Waals surface area contributed by atoms with E-state index >= 15 is 0 Å². The van der Waals surface area contributed by atoms with Crippen molar-refractivity contribution in [2.45, 2.75) is 6.92 Å². The van der Waals surface area contributed by atoms with Crippen molar-refractivity contribution in [2.24, 2.45) is 0 Å². The van der Waals surface area contributed by atoms with Crippen LogP contribution in [0.25, 0.3) is 11.8 Å². The van der Waals surface area contributed by atoms with Gasteiger partial charge < -0.3 is 4.74 Å². The number of hydrogen-bond acceptors (Lipinski definition) is 1. The number of benzene rings is 2. The van der Waals surface area contributed by atoms with Gasteiger partial charge in [-0.05, 0) is 30.7 Å². The molecule has 0 heterocycles. The van der Waals surface area contributed by atoms with Crippen molar-refractivity contribution in [1.29, 1.82) is 0 Å². The molecule has 18 heavy (non-hydrogen) atoms. The second-order valence-electron chi connectivity index (χ2n) is 3.86. The summed E-state index contributed by atoms with van der Waals surface area (Å²) in [7, 11) is 0. The first-order valence-electron chi connectivity index (χ1n) is 5.95. The summed E-state index contributed by atoms with van der Waals surface area (Å²) in [5.41, 5.74) is 2.23. The number of hydrogen-bond donors (Lipinski definition) is 0. The van der Waals surface area contributed by atoms with Gasteiger partial charge in [0.2, 0.25) is 0 Å². The molecule has 0 saturated carbocycles. The van der Waals surface area contributed by atoms with Crippen LogP contribution < -0.4 is 0 Å². The third kappa shape index (κ3) is 3.47. The highest BCUT2D eigenvalue weighted by atomic mass is 79.9. The Labute approximate surface area is 116 Å². The van der Waals surface area contributed by atoms with E-state index in [1.54, 1.807) is 0 Å². The van der Waals surface area contributed by atoms with E-state index in [0.29, 0.717) is 6.61 Å². The van der Waals surface area contributed by atoms with E-state index < -0.39 is 0 Å². The second-order valence-corrected chi connectivity index (χ2v) is 4.77. The molecular formula is C16H15BrO. The maximum atomic E-state index is 5.71. The van der Waals surface area contributed by atoms with Crippen LogP contribution in [0.1, 0.15) is 18.1 Å². The quantitative estimate of drug-likeness (QED) is 0.571. The Morgan fingerprint density at radius 3 is 2.33 bits per heavy atom. The molecule has 0 aliphatic rings. The van der Waals surface area contributed by atoms with Gasteiger partial charge in [0.25, 0.3) is 0 Å². The highest BCUT2D eigenvalue weighted by Crippen LogP contribution is 2.20. The predicted molar refractivity (Wildman–Crippen MR) is 80.1 cm³/mol. The van der Waals surface area contributed by atoms with Crippen LogP contribution in [0.2, 0.25) is 0 Å². The fraction of sp³-hybridized carbons (Fsp3) is 0.125. The number of halogens is 1. The minimum Gasteiger partial charge on any atom is -0.493 e. The minimum atomic E-state index is 0.664. The van der Waals surface area contributed by atoms with Crippen molar-refractivity contribution in [1.82, 2.24) is 0 Å². The fourth-order valence-electron chi connectivity index (χ4n) is 1.68. The molecule has 0 radical (unpaired) electrons. The summed E-state index contributed by atoms with van der Waals surface area (Å²) < 4.78 is 6.79. The standard InChI is InChI=1S/C16H15BrO/c1-2-18-16(14-6-4-3-5-7-14)12-13-8-10-15(17)11-9-13/h3-12H,2H2,1H3/b16-12-. The summed E-state index contributed by atoms with van der Waals surface area (Å²) in [6.45, 7) is 2.66. The minimum absolute atomic E-state index is 0.664. The molecule has 0 aliphatic carbocycles. The molecule has 1 nitrogen and oxygen atoms in total. The van der Waals surface area contributed by atoms with Crippen molar-refractivity contribution in [3.8, 4) is 0 Å². The third-order valence-corrected chi connectivity index (χ3v) is 3.05. The van der Waals surface area contributed by atoms with Gasteiger partial charge in [0.05, 0.1) is 6.61 Å². The molecular weight excluding hydrogens is 288 g/mol. The van der Waals surface area contributed by atoms with Gasteiger partial charge in [-0.15, -0.1) is 0 Å². The fourth-order valence-corrected chi connectivity index (χ4v) is 1.94. The Kier molecular flexibility index (Phi) is 4.59. The van der Waals surface area contributed by atoms with Crippen molar-refractivity contribution in [2.75, 3.05) is 6.61 Å². The molecule has 0 N–H and O–H groups in total. The predicted octanol–water partition coefficient (Wildman–Crippen LogP) is 4.98. The molecule has 0 unspecified atom stereocenters. The smallest absolute Gasteiger partial charge is 0.127 e. The van der Waals surface area contributed by atoms with Crippen molar-refractivity contribution in [3.05, 3.63) is 70.2 Å². The van der Waals surface area contributed by atoms with Crippen LogP contribution in [0, 0.1) is 0 Å². The van der Waals surface area contributed by atoms with E-state index in [2.05, 4.69) is 46.3 Å². The van der Waals surface area contributed by atoms with E-state index in [1.807, 2.05) is 37.3 Å². The molecule has 0 fully saturated rings. The maximum Gasteiger partial charge on any atom is 0.127 e. The Balaban J connectivity index is 2.33. The molecule has 0 bridgehead atoms. The SMILES string of the molecule is CCO/C(=C\c1ccc(Br)cc1)c1ccccc1. The van der Waals surface area contributed by atoms with Crippen LogP contribution in [-0.2, 0) is 4.74 Å². The average Bonchev–Trinajstić information content (AvgIpc) is 2.42. The first-order chi connectivity index (χ1) is 8.79. The second kappa shape index (κ2) is 6.41. The Bertz CT molecular complexity index is 515. The molecule has 2 heteroatoms. The lowest BCUT2D eigenvalue weighted by molar-refractivity contribution is 0.300. The lowest BCUT2D eigenvalue weighted by Crippen LogP contribution is -1.91. The van der Waals surface area contributed by atoms with Crippen LogP contribution in [0.5, 0.6) is 0 Å². The summed E-state index contributed by atoms with van der Waals surface area (Å²) >= 11 is 3.44.